The predicted molar refractivity (Wildman–Crippen MR) is 77.5 cm³/mol. The van der Waals surface area contributed by atoms with Crippen LogP contribution in [0.3, 0.4) is 0 Å². The van der Waals surface area contributed by atoms with Crippen LogP contribution in [0.25, 0.3) is 0 Å². The van der Waals surface area contributed by atoms with Gasteiger partial charge in [-0.15, -0.1) is 0 Å². The molecule has 1 N–H and O–H groups in total. The van der Waals surface area contributed by atoms with E-state index in [0.717, 1.165) is 16.7 Å². The highest BCUT2D eigenvalue weighted by atomic mass is 16.5. The van der Waals surface area contributed by atoms with Crippen molar-refractivity contribution in [3.8, 4) is 0 Å². The Kier molecular flexibility index (Phi) is 4.20. The second-order valence-electron chi connectivity index (χ2n) is 4.79. The van der Waals surface area contributed by atoms with Crippen molar-refractivity contribution in [1.82, 2.24) is 0 Å². The largest absolute Gasteiger partial charge is 0.468 e. The highest BCUT2D eigenvalue weighted by Crippen LogP contribution is 2.33. The smallest absolute Gasteiger partial charge is 0.323 e. The van der Waals surface area contributed by atoms with Crippen LogP contribution in [0.2, 0.25) is 0 Å². The van der Waals surface area contributed by atoms with Crippen molar-refractivity contribution in [2.45, 2.75) is 12.3 Å². The first kappa shape index (κ1) is 14.3. The molecule has 2 aromatic rings. The summed E-state index contributed by atoms with van der Waals surface area (Å²) in [7, 11) is 1.34. The molecule has 0 radical (unpaired) electrons. The van der Waals surface area contributed by atoms with Crippen molar-refractivity contribution in [2.75, 3.05) is 13.7 Å². The van der Waals surface area contributed by atoms with Gasteiger partial charge in [-0.1, -0.05) is 60.2 Å². The van der Waals surface area contributed by atoms with Gasteiger partial charge in [-0.3, -0.25) is 4.79 Å². The highest BCUT2D eigenvalue weighted by molar-refractivity contribution is 5.87. The van der Waals surface area contributed by atoms with Gasteiger partial charge in [-0.05, 0) is 18.1 Å². The molecule has 2 rings (SSSR count). The number of hydrogen-bond donors (Lipinski definition) is 1. The van der Waals surface area contributed by atoms with Crippen molar-refractivity contribution in [3.63, 3.8) is 0 Å². The van der Waals surface area contributed by atoms with E-state index in [4.69, 9.17) is 4.74 Å². The third-order valence-electron chi connectivity index (χ3n) is 3.58. The van der Waals surface area contributed by atoms with Crippen LogP contribution in [0, 0.1) is 6.92 Å². The molecule has 2 aromatic carbocycles. The van der Waals surface area contributed by atoms with Crippen LogP contribution < -0.4 is 0 Å². The topological polar surface area (TPSA) is 46.5 Å². The normalized spacial score (nSPS) is 13.6. The summed E-state index contributed by atoms with van der Waals surface area (Å²) in [4.78, 5) is 12.4. The summed E-state index contributed by atoms with van der Waals surface area (Å²) >= 11 is 0. The SMILES string of the molecule is COC(=O)C(CO)(c1ccccc1)c1ccc(C)cc1. The fourth-order valence-electron chi connectivity index (χ4n) is 2.38. The van der Waals surface area contributed by atoms with Crippen molar-refractivity contribution in [3.05, 3.63) is 71.3 Å². The number of ether oxygens (including phenoxy) is 1. The van der Waals surface area contributed by atoms with Crippen molar-refractivity contribution in [1.29, 1.82) is 0 Å². The Labute approximate surface area is 118 Å². The van der Waals surface area contributed by atoms with Gasteiger partial charge < -0.3 is 9.84 Å². The molecule has 0 saturated heterocycles. The molecule has 0 aliphatic rings. The molecule has 0 heterocycles. The average Bonchev–Trinajstić information content (AvgIpc) is 2.51. The zero-order valence-electron chi connectivity index (χ0n) is 11.7. The second kappa shape index (κ2) is 5.88. The molecule has 0 saturated carbocycles. The van der Waals surface area contributed by atoms with Crippen LogP contribution in [0.1, 0.15) is 16.7 Å². The number of carbonyl (C=O) groups is 1. The van der Waals surface area contributed by atoms with Crippen LogP contribution >= 0.6 is 0 Å². The lowest BCUT2D eigenvalue weighted by molar-refractivity contribution is -0.147. The molecule has 1 atom stereocenters. The first-order chi connectivity index (χ1) is 9.65. The Bertz CT molecular complexity index is 575. The molecular weight excluding hydrogens is 252 g/mol. The van der Waals surface area contributed by atoms with E-state index in [1.165, 1.54) is 7.11 Å². The molecule has 0 fully saturated rings. The van der Waals surface area contributed by atoms with Crippen molar-refractivity contribution in [2.24, 2.45) is 0 Å². The maximum Gasteiger partial charge on any atom is 0.323 e. The van der Waals surface area contributed by atoms with E-state index in [1.807, 2.05) is 61.5 Å². The van der Waals surface area contributed by atoms with Gasteiger partial charge in [0.15, 0.2) is 0 Å². The first-order valence-corrected chi connectivity index (χ1v) is 6.47. The zero-order valence-corrected chi connectivity index (χ0v) is 11.7. The standard InChI is InChI=1S/C17H18O3/c1-13-8-10-15(11-9-13)17(12-18,16(19)20-2)14-6-4-3-5-7-14/h3-11,18H,12H2,1-2H3. The monoisotopic (exact) mass is 270 g/mol. The number of esters is 1. The minimum absolute atomic E-state index is 0.341. The maximum atomic E-state index is 12.4. The quantitative estimate of drug-likeness (QED) is 0.868. The van der Waals surface area contributed by atoms with E-state index in [2.05, 4.69) is 0 Å². The molecule has 3 nitrogen and oxygen atoms in total. The number of hydrogen-bond acceptors (Lipinski definition) is 3. The van der Waals surface area contributed by atoms with Gasteiger partial charge in [0.1, 0.15) is 5.41 Å². The Balaban J connectivity index is 2.65. The predicted octanol–water partition coefficient (Wildman–Crippen LogP) is 2.45. The summed E-state index contributed by atoms with van der Waals surface area (Å²) < 4.78 is 4.95. The summed E-state index contributed by atoms with van der Waals surface area (Å²) in [6.45, 7) is 1.64. The zero-order chi connectivity index (χ0) is 14.6. The van der Waals surface area contributed by atoms with Crippen LogP contribution in [0.15, 0.2) is 54.6 Å². The molecule has 0 aliphatic carbocycles. The second-order valence-corrected chi connectivity index (χ2v) is 4.79. The number of aliphatic hydroxyl groups excluding tert-OH is 1. The highest BCUT2D eigenvalue weighted by Gasteiger charge is 2.42. The number of methoxy groups -OCH3 is 1. The maximum absolute atomic E-state index is 12.4. The van der Waals surface area contributed by atoms with E-state index in [9.17, 15) is 9.90 Å². The minimum atomic E-state index is -1.18. The summed E-state index contributed by atoms with van der Waals surface area (Å²) in [6.07, 6.45) is 0. The van der Waals surface area contributed by atoms with E-state index in [0.29, 0.717) is 0 Å². The number of carbonyl (C=O) groups excluding carboxylic acids is 1. The number of benzene rings is 2. The summed E-state index contributed by atoms with van der Waals surface area (Å²) in [5.74, 6) is -0.463. The van der Waals surface area contributed by atoms with Gasteiger partial charge in [0.25, 0.3) is 0 Å². The molecule has 1 unspecified atom stereocenters. The molecular formula is C17H18O3. The van der Waals surface area contributed by atoms with Crippen LogP contribution in [-0.2, 0) is 14.9 Å². The molecule has 0 bridgehead atoms. The lowest BCUT2D eigenvalue weighted by Crippen LogP contribution is -2.41. The molecule has 3 heteroatoms. The van der Waals surface area contributed by atoms with E-state index in [1.54, 1.807) is 0 Å². The molecule has 104 valence electrons. The van der Waals surface area contributed by atoms with Gasteiger partial charge in [-0.2, -0.15) is 0 Å². The Morgan fingerprint density at radius 3 is 2.10 bits per heavy atom. The third-order valence-corrected chi connectivity index (χ3v) is 3.58. The average molecular weight is 270 g/mol. The van der Waals surface area contributed by atoms with E-state index >= 15 is 0 Å². The van der Waals surface area contributed by atoms with Crippen LogP contribution in [0.4, 0.5) is 0 Å². The first-order valence-electron chi connectivity index (χ1n) is 6.47. The van der Waals surface area contributed by atoms with Gasteiger partial charge in [0.05, 0.1) is 13.7 Å². The minimum Gasteiger partial charge on any atom is -0.468 e. The molecule has 0 aromatic heterocycles. The van der Waals surface area contributed by atoms with E-state index < -0.39 is 11.4 Å². The lowest BCUT2D eigenvalue weighted by Gasteiger charge is -2.30. The fourth-order valence-corrected chi connectivity index (χ4v) is 2.38. The summed E-state index contributed by atoms with van der Waals surface area (Å²) in [5.41, 5.74) is 1.37. The Morgan fingerprint density at radius 1 is 1.05 bits per heavy atom. The van der Waals surface area contributed by atoms with Gasteiger partial charge in [-0.25, -0.2) is 0 Å². The molecule has 0 aliphatic heterocycles. The number of rotatable bonds is 4. The third kappa shape index (κ3) is 2.32. The van der Waals surface area contributed by atoms with Gasteiger partial charge in [0.2, 0.25) is 0 Å². The van der Waals surface area contributed by atoms with Crippen molar-refractivity contribution < 1.29 is 14.6 Å². The molecule has 20 heavy (non-hydrogen) atoms. The Hall–Kier alpha value is -2.13. The summed E-state index contributed by atoms with van der Waals surface area (Å²) in [5, 5.41) is 9.95. The lowest BCUT2D eigenvalue weighted by atomic mass is 9.75. The molecule has 0 amide bonds. The fraction of sp³-hybridized carbons (Fsp3) is 0.235. The van der Waals surface area contributed by atoms with Crippen LogP contribution in [0.5, 0.6) is 0 Å². The van der Waals surface area contributed by atoms with E-state index in [-0.39, 0.29) is 6.61 Å². The number of aryl methyl sites for hydroxylation is 1. The molecule has 0 spiro atoms. The number of aliphatic hydroxyl groups is 1. The Morgan fingerprint density at radius 2 is 1.60 bits per heavy atom. The van der Waals surface area contributed by atoms with Crippen molar-refractivity contribution >= 4 is 5.97 Å². The van der Waals surface area contributed by atoms with Crippen LogP contribution in [-0.4, -0.2) is 24.8 Å². The van der Waals surface area contributed by atoms with Gasteiger partial charge >= 0.3 is 5.97 Å². The van der Waals surface area contributed by atoms with Gasteiger partial charge in [0, 0.05) is 0 Å². The summed E-state index contributed by atoms with van der Waals surface area (Å²) in [6, 6.07) is 16.8.